The number of primary amides is 1. The monoisotopic (exact) mass is 380 g/mol. The molecule has 4 N–H and O–H groups in total. The number of aromatic amines is 1. The molecule has 1 aromatic carbocycles. The summed E-state index contributed by atoms with van der Waals surface area (Å²) in [5, 5.41) is 2.54. The number of ketones is 1. The average molecular weight is 380 g/mol. The number of carbonyl (C=O) groups is 3. The zero-order chi connectivity index (χ0) is 20.1. The molecule has 0 saturated heterocycles. The molecule has 0 unspecified atom stereocenters. The smallest absolute Gasteiger partial charge is 0.316 e. The first-order valence-corrected chi connectivity index (χ1v) is 8.80. The zero-order valence-corrected chi connectivity index (χ0v) is 15.3. The molecule has 0 saturated carbocycles. The second kappa shape index (κ2) is 8.34. The molecule has 1 aliphatic heterocycles. The first-order chi connectivity index (χ1) is 13.5. The number of hydrogen-bond donors (Lipinski definition) is 3. The summed E-state index contributed by atoms with van der Waals surface area (Å²) in [5.41, 5.74) is 9.40. The SMILES string of the molecule is CCOC(=O)CCC(=O)c1c[nH]c(C=C2C=Nc3ccc(NC(N)=O)cc32)c1. The summed E-state index contributed by atoms with van der Waals surface area (Å²) < 4.78 is 4.83. The predicted octanol–water partition coefficient (Wildman–Crippen LogP) is 3.29. The fourth-order valence-electron chi connectivity index (χ4n) is 2.84. The van der Waals surface area contributed by atoms with Gasteiger partial charge in [-0.15, -0.1) is 0 Å². The second-order valence-corrected chi connectivity index (χ2v) is 6.15. The van der Waals surface area contributed by atoms with Gasteiger partial charge < -0.3 is 20.8 Å². The Kier molecular flexibility index (Phi) is 5.69. The number of Topliss-reactive ketones (excluding diaryl/α,β-unsaturated/α-hetero) is 1. The van der Waals surface area contributed by atoms with Gasteiger partial charge in [-0.1, -0.05) is 0 Å². The third-order valence-corrected chi connectivity index (χ3v) is 4.12. The largest absolute Gasteiger partial charge is 0.466 e. The topological polar surface area (TPSA) is 127 Å². The third kappa shape index (κ3) is 4.53. The number of fused-ring (bicyclic) bond motifs is 1. The van der Waals surface area contributed by atoms with E-state index in [2.05, 4.69) is 15.3 Å². The Balaban J connectivity index is 1.73. The second-order valence-electron chi connectivity index (χ2n) is 6.15. The van der Waals surface area contributed by atoms with E-state index in [1.165, 1.54) is 0 Å². The maximum Gasteiger partial charge on any atom is 0.316 e. The molecule has 0 aliphatic carbocycles. The lowest BCUT2D eigenvalue weighted by atomic mass is 10.0. The number of nitrogens with two attached hydrogens (primary N) is 1. The molecule has 144 valence electrons. The highest BCUT2D eigenvalue weighted by atomic mass is 16.5. The molecule has 2 aromatic rings. The fraction of sp³-hybridized carbons (Fsp3) is 0.200. The molecule has 2 amide bonds. The number of rotatable bonds is 7. The van der Waals surface area contributed by atoms with Crippen molar-refractivity contribution in [3.63, 3.8) is 0 Å². The molecule has 8 heteroatoms. The first kappa shape index (κ1) is 19.1. The van der Waals surface area contributed by atoms with Crippen LogP contribution >= 0.6 is 0 Å². The van der Waals surface area contributed by atoms with Crippen molar-refractivity contribution in [3.05, 3.63) is 47.3 Å². The minimum absolute atomic E-state index is 0.0595. The average Bonchev–Trinajstić information content (AvgIpc) is 3.27. The van der Waals surface area contributed by atoms with Crippen LogP contribution in [-0.2, 0) is 9.53 Å². The highest BCUT2D eigenvalue weighted by Crippen LogP contribution is 2.34. The number of benzene rings is 1. The Labute approximate surface area is 161 Å². The van der Waals surface area contributed by atoms with E-state index in [1.807, 2.05) is 6.08 Å². The Hall–Kier alpha value is -3.68. The molecule has 28 heavy (non-hydrogen) atoms. The van der Waals surface area contributed by atoms with Crippen LogP contribution in [0.5, 0.6) is 0 Å². The third-order valence-electron chi connectivity index (χ3n) is 4.12. The van der Waals surface area contributed by atoms with Gasteiger partial charge in [0, 0.05) is 46.9 Å². The van der Waals surface area contributed by atoms with Crippen molar-refractivity contribution in [2.45, 2.75) is 19.8 Å². The van der Waals surface area contributed by atoms with Crippen molar-refractivity contribution in [2.24, 2.45) is 10.7 Å². The van der Waals surface area contributed by atoms with Crippen LogP contribution in [0.25, 0.3) is 11.6 Å². The maximum absolute atomic E-state index is 12.2. The van der Waals surface area contributed by atoms with E-state index in [0.717, 1.165) is 22.5 Å². The molecule has 8 nitrogen and oxygen atoms in total. The molecular formula is C20H20N4O4. The number of esters is 1. The highest BCUT2D eigenvalue weighted by Gasteiger charge is 2.15. The molecular weight excluding hydrogens is 360 g/mol. The molecule has 0 atom stereocenters. The molecule has 0 bridgehead atoms. The Morgan fingerprint density at radius 2 is 2.07 bits per heavy atom. The summed E-state index contributed by atoms with van der Waals surface area (Å²) in [5.74, 6) is -0.518. The number of hydrogen-bond acceptors (Lipinski definition) is 5. The number of anilines is 1. The maximum atomic E-state index is 12.2. The number of urea groups is 1. The van der Waals surface area contributed by atoms with Gasteiger partial charge >= 0.3 is 12.0 Å². The van der Waals surface area contributed by atoms with Gasteiger partial charge in [-0.2, -0.15) is 0 Å². The number of nitrogens with one attached hydrogen (secondary N) is 2. The van der Waals surface area contributed by atoms with E-state index in [9.17, 15) is 14.4 Å². The molecule has 3 rings (SSSR count). The van der Waals surface area contributed by atoms with Crippen LogP contribution in [0.3, 0.4) is 0 Å². The number of aromatic nitrogens is 1. The lowest BCUT2D eigenvalue weighted by Gasteiger charge is -2.05. The van der Waals surface area contributed by atoms with E-state index in [1.54, 1.807) is 43.6 Å². The van der Waals surface area contributed by atoms with E-state index >= 15 is 0 Å². The number of H-pyrrole nitrogens is 1. The number of ether oxygens (including phenoxy) is 1. The van der Waals surface area contributed by atoms with Gasteiger partial charge in [0.1, 0.15) is 0 Å². The van der Waals surface area contributed by atoms with Gasteiger partial charge in [-0.05, 0) is 37.3 Å². The summed E-state index contributed by atoms with van der Waals surface area (Å²) in [7, 11) is 0. The molecule has 0 radical (unpaired) electrons. The van der Waals surface area contributed by atoms with Crippen molar-refractivity contribution in [1.82, 2.24) is 4.98 Å². The summed E-state index contributed by atoms with van der Waals surface area (Å²) in [6.45, 7) is 2.03. The van der Waals surface area contributed by atoms with Crippen molar-refractivity contribution in [2.75, 3.05) is 11.9 Å². The Bertz CT molecular complexity index is 988. The standard InChI is InChI=1S/C20H20N4O4/c1-2-28-19(26)6-5-18(25)13-8-15(22-11-13)7-12-10-23-17-4-3-14(9-16(12)17)24-20(21)27/h3-4,7-11,22H,2,5-6H2,1H3,(H3,21,24,27). The Morgan fingerprint density at radius 3 is 2.82 bits per heavy atom. The van der Waals surface area contributed by atoms with E-state index in [0.29, 0.717) is 17.9 Å². The van der Waals surface area contributed by atoms with E-state index in [-0.39, 0.29) is 24.6 Å². The van der Waals surface area contributed by atoms with Crippen molar-refractivity contribution in [1.29, 1.82) is 0 Å². The van der Waals surface area contributed by atoms with Gasteiger partial charge in [-0.3, -0.25) is 14.6 Å². The molecule has 0 spiro atoms. The minimum atomic E-state index is -0.639. The lowest BCUT2D eigenvalue weighted by molar-refractivity contribution is -0.143. The number of carbonyl (C=O) groups excluding carboxylic acids is 3. The predicted molar refractivity (Wildman–Crippen MR) is 107 cm³/mol. The number of aliphatic imine (C=N–C) groups is 1. The van der Waals surface area contributed by atoms with Crippen molar-refractivity contribution >= 4 is 47.0 Å². The van der Waals surface area contributed by atoms with Gasteiger partial charge in [0.2, 0.25) is 0 Å². The number of amides is 2. The van der Waals surface area contributed by atoms with Crippen LogP contribution in [-0.4, -0.2) is 35.6 Å². The lowest BCUT2D eigenvalue weighted by Crippen LogP contribution is -2.19. The van der Waals surface area contributed by atoms with Gasteiger partial charge in [0.15, 0.2) is 5.78 Å². The quantitative estimate of drug-likeness (QED) is 0.503. The van der Waals surface area contributed by atoms with Crippen LogP contribution < -0.4 is 11.1 Å². The molecule has 1 aliphatic rings. The molecule has 2 heterocycles. The van der Waals surface area contributed by atoms with Crippen molar-refractivity contribution in [3.8, 4) is 0 Å². The van der Waals surface area contributed by atoms with Gasteiger partial charge in [-0.25, -0.2) is 4.79 Å². The minimum Gasteiger partial charge on any atom is -0.466 e. The van der Waals surface area contributed by atoms with Gasteiger partial charge in [0.05, 0.1) is 18.7 Å². The Morgan fingerprint density at radius 1 is 1.25 bits per heavy atom. The van der Waals surface area contributed by atoms with Crippen LogP contribution in [0.15, 0.2) is 35.5 Å². The normalized spacial score (nSPS) is 13.4. The van der Waals surface area contributed by atoms with Crippen LogP contribution in [0, 0.1) is 0 Å². The van der Waals surface area contributed by atoms with Crippen LogP contribution in [0.1, 0.15) is 41.4 Å². The highest BCUT2D eigenvalue weighted by molar-refractivity contribution is 6.21. The summed E-state index contributed by atoms with van der Waals surface area (Å²) in [6, 6.07) is 6.38. The fourth-order valence-corrected chi connectivity index (χ4v) is 2.84. The van der Waals surface area contributed by atoms with Crippen LogP contribution in [0.2, 0.25) is 0 Å². The summed E-state index contributed by atoms with van der Waals surface area (Å²) >= 11 is 0. The number of nitrogens with zero attached hydrogens (tertiary/aromatic N) is 1. The summed E-state index contributed by atoms with van der Waals surface area (Å²) in [6.07, 6.45) is 5.33. The summed E-state index contributed by atoms with van der Waals surface area (Å²) in [4.78, 5) is 42.0. The number of allylic oxidation sites excluding steroid dienone is 1. The zero-order valence-electron chi connectivity index (χ0n) is 15.3. The molecule has 0 fully saturated rings. The van der Waals surface area contributed by atoms with Crippen LogP contribution in [0.4, 0.5) is 16.2 Å². The van der Waals surface area contributed by atoms with Crippen molar-refractivity contribution < 1.29 is 19.1 Å². The van der Waals surface area contributed by atoms with Gasteiger partial charge in [0.25, 0.3) is 0 Å². The molecule has 1 aromatic heterocycles. The van der Waals surface area contributed by atoms with E-state index in [4.69, 9.17) is 10.5 Å². The first-order valence-electron chi connectivity index (χ1n) is 8.80. The van der Waals surface area contributed by atoms with E-state index < -0.39 is 6.03 Å².